The summed E-state index contributed by atoms with van der Waals surface area (Å²) in [6.07, 6.45) is 3.32. The molecular weight excluding hydrogens is 304 g/mol. The highest BCUT2D eigenvalue weighted by Gasteiger charge is 2.27. The summed E-state index contributed by atoms with van der Waals surface area (Å²) >= 11 is 3.32. The zero-order valence-corrected chi connectivity index (χ0v) is 11.9. The number of nitrogens with zero attached hydrogens (tertiary/aromatic N) is 1. The number of carbonyl (C=O) groups is 1. The van der Waals surface area contributed by atoms with Crippen LogP contribution in [0.3, 0.4) is 0 Å². The van der Waals surface area contributed by atoms with E-state index < -0.39 is 0 Å². The maximum Gasteiger partial charge on any atom is 0.229 e. The van der Waals surface area contributed by atoms with Crippen LogP contribution in [0.1, 0.15) is 11.1 Å². The number of aromatic nitrogens is 1. The monoisotopic (exact) mass is 316 g/mol. The van der Waals surface area contributed by atoms with Crippen molar-refractivity contribution in [2.45, 2.75) is 12.8 Å². The summed E-state index contributed by atoms with van der Waals surface area (Å²) < 4.78 is 0.902. The van der Waals surface area contributed by atoms with Crippen LogP contribution in [0, 0.1) is 5.92 Å². The highest BCUT2D eigenvalue weighted by Crippen LogP contribution is 2.27. The highest BCUT2D eigenvalue weighted by atomic mass is 79.9. The standard InChI is InChI=1S/C15H13BrN2O/c16-13-5-6-14(17-9-13)18-15(19)12-7-10-3-1-2-4-11(10)8-12/h1-6,9,12H,7-8H2,(H,17,18,19). The fraction of sp³-hybridized carbons (Fsp3) is 0.200. The minimum Gasteiger partial charge on any atom is -0.310 e. The number of hydrogen-bond donors (Lipinski definition) is 1. The molecule has 3 nitrogen and oxygen atoms in total. The number of pyridine rings is 1. The minimum atomic E-state index is 0.0165. The second-order valence-corrected chi connectivity index (χ2v) is 5.64. The van der Waals surface area contributed by atoms with Crippen LogP contribution < -0.4 is 5.32 Å². The molecular formula is C15H13BrN2O. The molecule has 4 heteroatoms. The van der Waals surface area contributed by atoms with E-state index in [9.17, 15) is 4.79 Å². The van der Waals surface area contributed by atoms with Gasteiger partial charge in [0.1, 0.15) is 5.82 Å². The molecule has 1 aromatic carbocycles. The van der Waals surface area contributed by atoms with Gasteiger partial charge in [0, 0.05) is 16.6 Å². The van der Waals surface area contributed by atoms with Crippen LogP contribution in [-0.4, -0.2) is 10.9 Å². The predicted molar refractivity (Wildman–Crippen MR) is 77.9 cm³/mol. The van der Waals surface area contributed by atoms with Gasteiger partial charge < -0.3 is 5.32 Å². The van der Waals surface area contributed by atoms with Crippen LogP contribution in [-0.2, 0) is 17.6 Å². The first-order valence-electron chi connectivity index (χ1n) is 6.21. The van der Waals surface area contributed by atoms with Crippen LogP contribution in [0.5, 0.6) is 0 Å². The van der Waals surface area contributed by atoms with Crippen molar-refractivity contribution in [3.63, 3.8) is 0 Å². The van der Waals surface area contributed by atoms with Gasteiger partial charge in [0.15, 0.2) is 0 Å². The van der Waals surface area contributed by atoms with Crippen LogP contribution in [0.25, 0.3) is 0 Å². The fourth-order valence-electron chi connectivity index (χ4n) is 2.42. The molecule has 0 unspecified atom stereocenters. The van der Waals surface area contributed by atoms with Crippen molar-refractivity contribution >= 4 is 27.7 Å². The van der Waals surface area contributed by atoms with Gasteiger partial charge in [-0.3, -0.25) is 4.79 Å². The number of nitrogens with one attached hydrogen (secondary N) is 1. The average molecular weight is 317 g/mol. The molecule has 0 fully saturated rings. The molecule has 1 amide bonds. The number of carbonyl (C=O) groups excluding carboxylic acids is 1. The lowest BCUT2D eigenvalue weighted by Crippen LogP contribution is -2.23. The van der Waals surface area contributed by atoms with Crippen LogP contribution in [0.2, 0.25) is 0 Å². The Morgan fingerprint density at radius 1 is 1.16 bits per heavy atom. The lowest BCUT2D eigenvalue weighted by Gasteiger charge is -2.09. The first-order chi connectivity index (χ1) is 9.22. The van der Waals surface area contributed by atoms with E-state index in [-0.39, 0.29) is 11.8 Å². The Labute approximate surface area is 120 Å². The molecule has 0 aliphatic heterocycles. The van der Waals surface area contributed by atoms with Crippen molar-refractivity contribution in [3.05, 3.63) is 58.2 Å². The van der Waals surface area contributed by atoms with Crippen molar-refractivity contribution in [1.82, 2.24) is 4.98 Å². The van der Waals surface area contributed by atoms with E-state index in [1.165, 1.54) is 11.1 Å². The van der Waals surface area contributed by atoms with Crippen molar-refractivity contribution in [1.29, 1.82) is 0 Å². The van der Waals surface area contributed by atoms with E-state index in [0.29, 0.717) is 5.82 Å². The van der Waals surface area contributed by atoms with E-state index in [0.717, 1.165) is 17.3 Å². The lowest BCUT2D eigenvalue weighted by atomic mass is 10.1. The van der Waals surface area contributed by atoms with Gasteiger partial charge in [0.2, 0.25) is 5.91 Å². The van der Waals surface area contributed by atoms with Gasteiger partial charge in [-0.15, -0.1) is 0 Å². The Hall–Kier alpha value is -1.68. The topological polar surface area (TPSA) is 42.0 Å². The van der Waals surface area contributed by atoms with E-state index in [4.69, 9.17) is 0 Å². The molecule has 0 atom stereocenters. The third-order valence-corrected chi connectivity index (χ3v) is 3.87. The molecule has 96 valence electrons. The Morgan fingerprint density at radius 3 is 2.42 bits per heavy atom. The van der Waals surface area contributed by atoms with Crippen molar-refractivity contribution < 1.29 is 4.79 Å². The number of hydrogen-bond acceptors (Lipinski definition) is 2. The maximum absolute atomic E-state index is 12.2. The number of anilines is 1. The number of fused-ring (bicyclic) bond motifs is 1. The van der Waals surface area contributed by atoms with Gasteiger partial charge in [0.25, 0.3) is 0 Å². The summed E-state index contributed by atoms with van der Waals surface area (Å²) in [6, 6.07) is 11.9. The first kappa shape index (κ1) is 12.4. The molecule has 1 heterocycles. The van der Waals surface area contributed by atoms with E-state index >= 15 is 0 Å². The fourth-order valence-corrected chi connectivity index (χ4v) is 2.66. The van der Waals surface area contributed by atoms with Gasteiger partial charge in [-0.2, -0.15) is 0 Å². The van der Waals surface area contributed by atoms with Gasteiger partial charge in [-0.25, -0.2) is 4.98 Å². The quantitative estimate of drug-likeness (QED) is 0.924. The maximum atomic E-state index is 12.2. The normalized spacial score (nSPS) is 14.2. The molecule has 1 N–H and O–H groups in total. The molecule has 19 heavy (non-hydrogen) atoms. The number of halogens is 1. The molecule has 0 saturated carbocycles. The molecule has 1 aromatic heterocycles. The molecule has 0 bridgehead atoms. The summed E-state index contributed by atoms with van der Waals surface area (Å²) in [4.78, 5) is 16.4. The summed E-state index contributed by atoms with van der Waals surface area (Å²) in [6.45, 7) is 0. The summed E-state index contributed by atoms with van der Waals surface area (Å²) in [7, 11) is 0. The van der Waals surface area contributed by atoms with E-state index in [2.05, 4.69) is 38.4 Å². The Morgan fingerprint density at radius 2 is 1.84 bits per heavy atom. The Kier molecular flexibility index (Phi) is 3.34. The van der Waals surface area contributed by atoms with Gasteiger partial charge in [0.05, 0.1) is 0 Å². The Balaban J connectivity index is 1.68. The third-order valence-electron chi connectivity index (χ3n) is 3.40. The summed E-state index contributed by atoms with van der Waals surface area (Å²) in [5.41, 5.74) is 2.57. The van der Waals surface area contributed by atoms with Crippen LogP contribution >= 0.6 is 15.9 Å². The largest absolute Gasteiger partial charge is 0.310 e. The van der Waals surface area contributed by atoms with Crippen molar-refractivity contribution in [3.8, 4) is 0 Å². The van der Waals surface area contributed by atoms with Crippen molar-refractivity contribution in [2.75, 3.05) is 5.32 Å². The van der Waals surface area contributed by atoms with Crippen LogP contribution in [0.4, 0.5) is 5.82 Å². The number of benzene rings is 1. The Bertz CT molecular complexity index is 585. The van der Waals surface area contributed by atoms with Crippen molar-refractivity contribution in [2.24, 2.45) is 5.92 Å². The minimum absolute atomic E-state index is 0.0165. The van der Waals surface area contributed by atoms with Gasteiger partial charge in [-0.1, -0.05) is 24.3 Å². The van der Waals surface area contributed by atoms with Gasteiger partial charge >= 0.3 is 0 Å². The number of rotatable bonds is 2. The second kappa shape index (κ2) is 5.13. The predicted octanol–water partition coefficient (Wildman–Crippen LogP) is 3.20. The zero-order chi connectivity index (χ0) is 13.2. The van der Waals surface area contributed by atoms with E-state index in [1.807, 2.05) is 18.2 Å². The lowest BCUT2D eigenvalue weighted by molar-refractivity contribution is -0.119. The summed E-state index contributed by atoms with van der Waals surface area (Å²) in [5, 5.41) is 2.88. The molecule has 0 radical (unpaired) electrons. The molecule has 0 spiro atoms. The van der Waals surface area contributed by atoms with Crippen LogP contribution in [0.15, 0.2) is 47.1 Å². The average Bonchev–Trinajstić information content (AvgIpc) is 2.85. The molecule has 2 aromatic rings. The SMILES string of the molecule is O=C(Nc1ccc(Br)cn1)C1Cc2ccccc2C1. The molecule has 1 aliphatic carbocycles. The smallest absolute Gasteiger partial charge is 0.229 e. The first-order valence-corrected chi connectivity index (χ1v) is 7.01. The molecule has 1 aliphatic rings. The van der Waals surface area contributed by atoms with E-state index in [1.54, 1.807) is 12.3 Å². The number of amides is 1. The zero-order valence-electron chi connectivity index (χ0n) is 10.3. The second-order valence-electron chi connectivity index (χ2n) is 4.72. The molecule has 3 rings (SSSR count). The third kappa shape index (κ3) is 2.68. The molecule has 0 saturated heterocycles. The highest BCUT2D eigenvalue weighted by molar-refractivity contribution is 9.10. The summed E-state index contributed by atoms with van der Waals surface area (Å²) in [5.74, 6) is 0.665. The van der Waals surface area contributed by atoms with Gasteiger partial charge in [-0.05, 0) is 52.0 Å².